The number of benzene rings is 2. The molecule has 226 valence electrons. The molecule has 0 atom stereocenters. The highest BCUT2D eigenvalue weighted by Crippen LogP contribution is 2.39. The van der Waals surface area contributed by atoms with E-state index in [1.54, 1.807) is 0 Å². The van der Waals surface area contributed by atoms with Crippen molar-refractivity contribution in [2.24, 2.45) is 12.0 Å². The zero-order valence-corrected chi connectivity index (χ0v) is 26.9. The van der Waals surface area contributed by atoms with E-state index in [1.807, 2.05) is 12.4 Å². The third-order valence-corrected chi connectivity index (χ3v) is 9.93. The van der Waals surface area contributed by atoms with Crippen LogP contribution in [0.4, 0.5) is 11.4 Å². The molecular weight excluding hydrogens is 566 g/mol. The van der Waals surface area contributed by atoms with Gasteiger partial charge in [-0.3, -0.25) is 14.9 Å². The number of likely N-dealkylation sites (N-methyl/N-ethyl adjacent to an activating group) is 1. The van der Waals surface area contributed by atoms with Crippen molar-refractivity contribution in [3.63, 3.8) is 0 Å². The monoisotopic (exact) mass is 605 g/mol. The fraction of sp³-hybridized carbons (Fsp3) is 0.361. The Morgan fingerprint density at radius 3 is 2.61 bits per heavy atom. The van der Waals surface area contributed by atoms with E-state index in [2.05, 4.69) is 89.5 Å². The van der Waals surface area contributed by atoms with Gasteiger partial charge in [-0.1, -0.05) is 36.4 Å². The predicted molar refractivity (Wildman–Crippen MR) is 181 cm³/mol. The molecule has 8 heteroatoms. The highest BCUT2D eigenvalue weighted by molar-refractivity contribution is 6.32. The number of nitrogens with one attached hydrogen (secondary N) is 1. The van der Waals surface area contributed by atoms with Crippen molar-refractivity contribution < 1.29 is 0 Å². The number of imidazole rings is 1. The standard InChI is InChI=1S/C36H40ClN7/c1-22-26(9-8-10-27(22)32-17-28-30(37)15-25(16-31(28)40-32)20-44-12-6-7-13-44)29-18-38-19-33(23(29)2)39-24(3)36-41-34-21-42(4)14-11-35(34)43(36)5/h8-10,15-16,18-19,39H,3,6-7,11-14,17,20-21H2,1-2,4-5H3. The fourth-order valence-corrected chi connectivity index (χ4v) is 7.36. The summed E-state index contributed by atoms with van der Waals surface area (Å²) in [7, 11) is 4.22. The smallest absolute Gasteiger partial charge is 0.156 e. The van der Waals surface area contributed by atoms with Crippen molar-refractivity contribution >= 4 is 34.4 Å². The highest BCUT2D eigenvalue weighted by atomic mass is 35.5. The summed E-state index contributed by atoms with van der Waals surface area (Å²) in [6.45, 7) is 13.9. The topological polar surface area (TPSA) is 61.6 Å². The molecule has 4 aromatic rings. The molecule has 1 fully saturated rings. The minimum atomic E-state index is 0.741. The number of fused-ring (bicyclic) bond motifs is 2. The van der Waals surface area contributed by atoms with E-state index in [0.29, 0.717) is 0 Å². The third kappa shape index (κ3) is 5.27. The van der Waals surface area contributed by atoms with Crippen LogP contribution >= 0.6 is 11.6 Å². The molecule has 0 amide bonds. The quantitative estimate of drug-likeness (QED) is 0.244. The zero-order valence-electron chi connectivity index (χ0n) is 26.2. The van der Waals surface area contributed by atoms with E-state index in [0.717, 1.165) is 113 Å². The maximum absolute atomic E-state index is 6.83. The average molecular weight is 606 g/mol. The lowest BCUT2D eigenvalue weighted by atomic mass is 9.91. The maximum atomic E-state index is 6.83. The lowest BCUT2D eigenvalue weighted by Gasteiger charge is -2.21. The van der Waals surface area contributed by atoms with Gasteiger partial charge in [0.25, 0.3) is 0 Å². The molecule has 0 radical (unpaired) electrons. The Kier molecular flexibility index (Phi) is 7.65. The van der Waals surface area contributed by atoms with Gasteiger partial charge >= 0.3 is 0 Å². The number of aliphatic imine (C=N–C) groups is 1. The molecule has 3 aliphatic rings. The van der Waals surface area contributed by atoms with Crippen LogP contribution in [0.1, 0.15) is 57.9 Å². The predicted octanol–water partition coefficient (Wildman–Crippen LogP) is 7.10. The van der Waals surface area contributed by atoms with Crippen LogP contribution in [-0.2, 0) is 33.0 Å². The molecule has 0 unspecified atom stereocenters. The minimum Gasteiger partial charge on any atom is -0.351 e. The SMILES string of the molecule is C=C(Nc1cncc(-c2cccc(C3=Nc4cc(CN5CCCC5)cc(Cl)c4C3)c2C)c1C)c1nc2c(n1C)CCN(C)C2. The first kappa shape index (κ1) is 29.0. The number of rotatable bonds is 7. The Morgan fingerprint density at radius 1 is 1.00 bits per heavy atom. The number of hydrogen-bond donors (Lipinski definition) is 1. The van der Waals surface area contributed by atoms with Crippen LogP contribution in [0.15, 0.2) is 54.3 Å². The second kappa shape index (κ2) is 11.6. The van der Waals surface area contributed by atoms with Crippen LogP contribution in [0.3, 0.4) is 0 Å². The first-order valence-corrected chi connectivity index (χ1v) is 16.0. The molecule has 2 aromatic heterocycles. The lowest BCUT2D eigenvalue weighted by molar-refractivity contribution is 0.305. The summed E-state index contributed by atoms with van der Waals surface area (Å²) in [5, 5.41) is 4.36. The Bertz CT molecular complexity index is 1810. The number of anilines is 1. The van der Waals surface area contributed by atoms with E-state index < -0.39 is 0 Å². The summed E-state index contributed by atoms with van der Waals surface area (Å²) in [6.07, 6.45) is 8.13. The van der Waals surface area contributed by atoms with Gasteiger partial charge in [0.1, 0.15) is 0 Å². The number of pyridine rings is 1. The van der Waals surface area contributed by atoms with E-state index in [1.165, 1.54) is 29.7 Å². The number of hydrogen-bond acceptors (Lipinski definition) is 6. The summed E-state index contributed by atoms with van der Waals surface area (Å²) in [5.74, 6) is 0.870. The fourth-order valence-electron chi connectivity index (χ4n) is 7.06. The molecule has 1 N–H and O–H groups in total. The summed E-state index contributed by atoms with van der Waals surface area (Å²) < 4.78 is 2.18. The van der Waals surface area contributed by atoms with Crippen LogP contribution in [0, 0.1) is 13.8 Å². The van der Waals surface area contributed by atoms with Gasteiger partial charge in [-0.05, 0) is 86.8 Å². The van der Waals surface area contributed by atoms with E-state index in [9.17, 15) is 0 Å². The lowest BCUT2D eigenvalue weighted by Crippen LogP contribution is -2.27. The summed E-state index contributed by atoms with van der Waals surface area (Å²) in [4.78, 5) is 19.5. The molecule has 0 aliphatic carbocycles. The third-order valence-electron chi connectivity index (χ3n) is 9.59. The Hall–Kier alpha value is -3.78. The summed E-state index contributed by atoms with van der Waals surface area (Å²) in [5.41, 5.74) is 14.3. The van der Waals surface area contributed by atoms with Gasteiger partial charge in [0.05, 0.1) is 34.7 Å². The molecule has 2 aromatic carbocycles. The summed E-state index contributed by atoms with van der Waals surface area (Å²) in [6, 6.07) is 10.8. The van der Waals surface area contributed by atoms with Crippen molar-refractivity contribution in [1.82, 2.24) is 24.3 Å². The van der Waals surface area contributed by atoms with Gasteiger partial charge in [0.2, 0.25) is 0 Å². The van der Waals surface area contributed by atoms with E-state index in [4.69, 9.17) is 21.6 Å². The zero-order chi connectivity index (χ0) is 30.5. The van der Waals surface area contributed by atoms with Crippen LogP contribution in [-0.4, -0.2) is 56.7 Å². The molecule has 3 aliphatic heterocycles. The van der Waals surface area contributed by atoms with Gasteiger partial charge in [-0.25, -0.2) is 4.98 Å². The minimum absolute atomic E-state index is 0.741. The van der Waals surface area contributed by atoms with Gasteiger partial charge < -0.3 is 14.8 Å². The second-order valence-corrected chi connectivity index (χ2v) is 13.0. The van der Waals surface area contributed by atoms with Crippen LogP contribution in [0.5, 0.6) is 0 Å². The van der Waals surface area contributed by atoms with Crippen molar-refractivity contribution in [2.75, 3.05) is 32.0 Å². The Balaban J connectivity index is 1.16. The normalized spacial score (nSPS) is 16.6. The van der Waals surface area contributed by atoms with E-state index in [-0.39, 0.29) is 0 Å². The molecule has 44 heavy (non-hydrogen) atoms. The number of halogens is 1. The van der Waals surface area contributed by atoms with Crippen LogP contribution < -0.4 is 5.32 Å². The highest BCUT2D eigenvalue weighted by Gasteiger charge is 2.25. The van der Waals surface area contributed by atoms with Gasteiger partial charge in [0.15, 0.2) is 5.82 Å². The molecule has 7 rings (SSSR count). The molecule has 7 nitrogen and oxygen atoms in total. The van der Waals surface area contributed by atoms with Crippen molar-refractivity contribution in [1.29, 1.82) is 0 Å². The molecule has 5 heterocycles. The molecule has 0 bridgehead atoms. The molecular formula is C36H40ClN7. The van der Waals surface area contributed by atoms with Gasteiger partial charge in [-0.2, -0.15) is 0 Å². The summed E-state index contributed by atoms with van der Waals surface area (Å²) >= 11 is 6.83. The first-order chi connectivity index (χ1) is 21.3. The van der Waals surface area contributed by atoms with E-state index >= 15 is 0 Å². The number of likely N-dealkylation sites (tertiary alicyclic amines) is 1. The Morgan fingerprint density at radius 2 is 1.80 bits per heavy atom. The first-order valence-electron chi connectivity index (χ1n) is 15.6. The van der Waals surface area contributed by atoms with Crippen LogP contribution in [0.2, 0.25) is 5.02 Å². The Labute approximate surface area is 265 Å². The molecule has 0 spiro atoms. The number of aromatic nitrogens is 3. The van der Waals surface area contributed by atoms with Gasteiger partial charge in [-0.15, -0.1) is 0 Å². The van der Waals surface area contributed by atoms with Crippen molar-refractivity contribution in [2.45, 2.75) is 52.6 Å². The average Bonchev–Trinajstić information content (AvgIpc) is 3.74. The van der Waals surface area contributed by atoms with Crippen molar-refractivity contribution in [3.8, 4) is 11.1 Å². The van der Waals surface area contributed by atoms with Crippen LogP contribution in [0.25, 0.3) is 16.8 Å². The molecule has 0 saturated carbocycles. The van der Waals surface area contributed by atoms with Crippen molar-refractivity contribution in [3.05, 3.63) is 99.4 Å². The molecule has 1 saturated heterocycles. The second-order valence-electron chi connectivity index (χ2n) is 12.6. The largest absolute Gasteiger partial charge is 0.351 e. The maximum Gasteiger partial charge on any atom is 0.156 e. The number of nitrogens with zero attached hydrogens (tertiary/aromatic N) is 6. The van der Waals surface area contributed by atoms with Gasteiger partial charge in [0, 0.05) is 67.6 Å².